The summed E-state index contributed by atoms with van der Waals surface area (Å²) in [6.45, 7) is 0. The number of aliphatic hydroxyl groups excluding tert-OH is 1. The molecule has 3 aromatic rings. The van der Waals surface area contributed by atoms with Crippen molar-refractivity contribution in [2.75, 3.05) is 0 Å². The Balaban J connectivity index is 1.97. The summed E-state index contributed by atoms with van der Waals surface area (Å²) in [6, 6.07) is 11.4. The summed E-state index contributed by atoms with van der Waals surface area (Å²) in [4.78, 5) is 8.25. The Kier molecular flexibility index (Phi) is 3.63. The van der Waals surface area contributed by atoms with Crippen LogP contribution in [0.15, 0.2) is 55.0 Å². The highest BCUT2D eigenvalue weighted by Gasteiger charge is 2.13. The minimum atomic E-state index is -0.622. The molecule has 0 amide bonds. The molecule has 0 aliphatic heterocycles. The van der Waals surface area contributed by atoms with Gasteiger partial charge in [0.1, 0.15) is 0 Å². The van der Waals surface area contributed by atoms with Gasteiger partial charge in [0.2, 0.25) is 0 Å². The molecule has 0 fully saturated rings. The molecular weight excluding hydrogens is 272 g/mol. The van der Waals surface area contributed by atoms with Gasteiger partial charge in [-0.05, 0) is 29.3 Å². The van der Waals surface area contributed by atoms with Crippen LogP contribution in [-0.2, 0) is 6.42 Å². The van der Waals surface area contributed by atoms with Crippen LogP contribution in [-0.4, -0.2) is 15.1 Å². The monoisotopic (exact) mass is 284 g/mol. The topological polar surface area (TPSA) is 46.0 Å². The standard InChI is InChI=1S/C16H13ClN2O/c17-14-10-18-8-6-11(14)9-16(20)13-3-1-5-15-12(13)4-2-7-19-15/h1-8,10,16,20H,9H2. The molecular formula is C16H13ClN2O. The number of aliphatic hydroxyl groups is 1. The number of fused-ring (bicyclic) bond motifs is 1. The van der Waals surface area contributed by atoms with Crippen molar-refractivity contribution in [1.29, 1.82) is 0 Å². The summed E-state index contributed by atoms with van der Waals surface area (Å²) in [5.41, 5.74) is 2.63. The summed E-state index contributed by atoms with van der Waals surface area (Å²) in [6.07, 6.45) is 4.85. The molecule has 1 atom stereocenters. The van der Waals surface area contributed by atoms with Gasteiger partial charge >= 0.3 is 0 Å². The lowest BCUT2D eigenvalue weighted by Gasteiger charge is -2.14. The number of hydrogen-bond donors (Lipinski definition) is 1. The molecule has 0 radical (unpaired) electrons. The van der Waals surface area contributed by atoms with Crippen LogP contribution in [0.5, 0.6) is 0 Å². The molecule has 20 heavy (non-hydrogen) atoms. The second kappa shape index (κ2) is 5.57. The van der Waals surface area contributed by atoms with Crippen LogP contribution in [0.4, 0.5) is 0 Å². The Morgan fingerprint density at radius 2 is 2.00 bits per heavy atom. The highest BCUT2D eigenvalue weighted by atomic mass is 35.5. The zero-order valence-electron chi connectivity index (χ0n) is 10.7. The van der Waals surface area contributed by atoms with Gasteiger partial charge in [0, 0.05) is 30.4 Å². The third-order valence-corrected chi connectivity index (χ3v) is 3.65. The lowest BCUT2D eigenvalue weighted by molar-refractivity contribution is 0.180. The second-order valence-electron chi connectivity index (χ2n) is 4.60. The Hall–Kier alpha value is -1.97. The maximum Gasteiger partial charge on any atom is 0.0837 e. The smallest absolute Gasteiger partial charge is 0.0837 e. The third-order valence-electron chi connectivity index (χ3n) is 3.31. The van der Waals surface area contributed by atoms with Gasteiger partial charge in [-0.25, -0.2) is 0 Å². The Morgan fingerprint density at radius 1 is 1.10 bits per heavy atom. The third kappa shape index (κ3) is 2.50. The van der Waals surface area contributed by atoms with E-state index in [1.807, 2.05) is 36.4 Å². The Morgan fingerprint density at radius 3 is 2.85 bits per heavy atom. The normalized spacial score (nSPS) is 12.5. The molecule has 1 N–H and O–H groups in total. The first-order valence-electron chi connectivity index (χ1n) is 6.36. The molecule has 0 saturated heterocycles. The van der Waals surface area contributed by atoms with Crippen LogP contribution in [0.3, 0.4) is 0 Å². The van der Waals surface area contributed by atoms with Gasteiger partial charge in [-0.2, -0.15) is 0 Å². The zero-order chi connectivity index (χ0) is 13.9. The maximum atomic E-state index is 10.5. The summed E-state index contributed by atoms with van der Waals surface area (Å²) in [5.74, 6) is 0. The molecule has 1 unspecified atom stereocenters. The van der Waals surface area contributed by atoms with Gasteiger partial charge in [0.15, 0.2) is 0 Å². The summed E-state index contributed by atoms with van der Waals surface area (Å²) < 4.78 is 0. The van der Waals surface area contributed by atoms with E-state index in [1.54, 1.807) is 18.6 Å². The number of aromatic nitrogens is 2. The van der Waals surface area contributed by atoms with Crippen LogP contribution in [0.2, 0.25) is 5.02 Å². The van der Waals surface area contributed by atoms with Gasteiger partial charge in [0.05, 0.1) is 16.6 Å². The Labute approximate surface area is 121 Å². The second-order valence-corrected chi connectivity index (χ2v) is 5.01. The van der Waals surface area contributed by atoms with E-state index in [9.17, 15) is 5.11 Å². The lowest BCUT2D eigenvalue weighted by Crippen LogP contribution is -2.03. The molecule has 2 aromatic heterocycles. The van der Waals surface area contributed by atoms with Crippen LogP contribution in [0, 0.1) is 0 Å². The van der Waals surface area contributed by atoms with Crippen LogP contribution >= 0.6 is 11.6 Å². The quantitative estimate of drug-likeness (QED) is 0.800. The predicted octanol–water partition coefficient (Wildman–Crippen LogP) is 3.56. The van der Waals surface area contributed by atoms with Gasteiger partial charge in [-0.15, -0.1) is 0 Å². The SMILES string of the molecule is OC(Cc1ccncc1Cl)c1cccc2ncccc12. The first-order chi connectivity index (χ1) is 9.75. The largest absolute Gasteiger partial charge is 0.388 e. The predicted molar refractivity (Wildman–Crippen MR) is 79.7 cm³/mol. The maximum absolute atomic E-state index is 10.5. The molecule has 0 aliphatic rings. The fourth-order valence-corrected chi connectivity index (χ4v) is 2.50. The molecule has 0 bridgehead atoms. The summed E-state index contributed by atoms with van der Waals surface area (Å²) in [5, 5.41) is 12.0. The van der Waals surface area contributed by atoms with E-state index in [-0.39, 0.29) is 0 Å². The van der Waals surface area contributed by atoms with Crippen molar-refractivity contribution in [3.63, 3.8) is 0 Å². The molecule has 4 heteroatoms. The molecule has 3 rings (SSSR count). The highest BCUT2D eigenvalue weighted by molar-refractivity contribution is 6.31. The van der Waals surface area contributed by atoms with Gasteiger partial charge in [-0.1, -0.05) is 29.8 Å². The zero-order valence-corrected chi connectivity index (χ0v) is 11.5. The van der Waals surface area contributed by atoms with E-state index in [4.69, 9.17) is 11.6 Å². The summed E-state index contributed by atoms with van der Waals surface area (Å²) >= 11 is 6.09. The average molecular weight is 285 g/mol. The number of benzene rings is 1. The van der Waals surface area contributed by atoms with Crippen molar-refractivity contribution < 1.29 is 5.11 Å². The van der Waals surface area contributed by atoms with Crippen LogP contribution < -0.4 is 0 Å². The van der Waals surface area contributed by atoms with Crippen molar-refractivity contribution in [2.24, 2.45) is 0 Å². The first-order valence-corrected chi connectivity index (χ1v) is 6.73. The fraction of sp³-hybridized carbons (Fsp3) is 0.125. The number of hydrogen-bond acceptors (Lipinski definition) is 3. The molecule has 3 nitrogen and oxygen atoms in total. The minimum absolute atomic E-state index is 0.454. The highest BCUT2D eigenvalue weighted by Crippen LogP contribution is 2.27. The van der Waals surface area contributed by atoms with Crippen molar-refractivity contribution in [3.8, 4) is 0 Å². The van der Waals surface area contributed by atoms with Crippen LogP contribution in [0.1, 0.15) is 17.2 Å². The van der Waals surface area contributed by atoms with Crippen molar-refractivity contribution in [3.05, 3.63) is 71.1 Å². The van der Waals surface area contributed by atoms with E-state index in [1.165, 1.54) is 0 Å². The van der Waals surface area contributed by atoms with Crippen molar-refractivity contribution >= 4 is 22.5 Å². The molecule has 0 spiro atoms. The molecule has 1 aromatic carbocycles. The number of halogens is 1. The van der Waals surface area contributed by atoms with Crippen molar-refractivity contribution in [2.45, 2.75) is 12.5 Å². The minimum Gasteiger partial charge on any atom is -0.388 e. The van der Waals surface area contributed by atoms with Gasteiger partial charge in [-0.3, -0.25) is 9.97 Å². The fourth-order valence-electron chi connectivity index (χ4n) is 2.31. The van der Waals surface area contributed by atoms with Gasteiger partial charge in [0.25, 0.3) is 0 Å². The molecule has 100 valence electrons. The van der Waals surface area contributed by atoms with Crippen LogP contribution in [0.25, 0.3) is 10.9 Å². The molecule has 0 saturated carbocycles. The molecule has 2 heterocycles. The summed E-state index contributed by atoms with van der Waals surface area (Å²) in [7, 11) is 0. The number of rotatable bonds is 3. The van der Waals surface area contributed by atoms with Crippen molar-refractivity contribution in [1.82, 2.24) is 9.97 Å². The first kappa shape index (κ1) is 13.0. The van der Waals surface area contributed by atoms with E-state index >= 15 is 0 Å². The van der Waals surface area contributed by atoms with Gasteiger partial charge < -0.3 is 5.11 Å². The molecule has 0 aliphatic carbocycles. The lowest BCUT2D eigenvalue weighted by atomic mass is 9.98. The van der Waals surface area contributed by atoms with E-state index < -0.39 is 6.10 Å². The van der Waals surface area contributed by atoms with E-state index in [2.05, 4.69) is 9.97 Å². The Bertz CT molecular complexity index is 740. The number of nitrogens with zero attached hydrogens (tertiary/aromatic N) is 2. The average Bonchev–Trinajstić information content (AvgIpc) is 2.49. The van der Waals surface area contributed by atoms with E-state index in [0.29, 0.717) is 11.4 Å². The van der Waals surface area contributed by atoms with E-state index in [0.717, 1.165) is 22.0 Å². The number of pyridine rings is 2.